The van der Waals surface area contributed by atoms with E-state index in [2.05, 4.69) is 5.32 Å². The molecule has 4 nitrogen and oxygen atoms in total. The lowest BCUT2D eigenvalue weighted by Gasteiger charge is -2.13. The van der Waals surface area contributed by atoms with Crippen molar-refractivity contribution in [2.24, 2.45) is 0 Å². The largest absolute Gasteiger partial charge is 0.497 e. The van der Waals surface area contributed by atoms with E-state index in [4.69, 9.17) is 14.2 Å². The Hall–Kier alpha value is -2.04. The molecule has 0 aliphatic rings. The van der Waals surface area contributed by atoms with Gasteiger partial charge in [0.2, 0.25) is 0 Å². The predicted molar refractivity (Wildman–Crippen MR) is 82.5 cm³/mol. The van der Waals surface area contributed by atoms with Crippen LogP contribution in [0.15, 0.2) is 48.5 Å². The highest BCUT2D eigenvalue weighted by atomic mass is 16.7. The Balaban J connectivity index is 1.87. The van der Waals surface area contributed by atoms with Crippen molar-refractivity contribution in [2.45, 2.75) is 13.2 Å². The van der Waals surface area contributed by atoms with E-state index in [1.165, 1.54) is 0 Å². The minimum atomic E-state index is 0.220. The molecule has 2 aromatic rings. The topological polar surface area (TPSA) is 39.7 Å². The van der Waals surface area contributed by atoms with Gasteiger partial charge in [-0.15, -0.1) is 0 Å². The fourth-order valence-electron chi connectivity index (χ4n) is 1.99. The van der Waals surface area contributed by atoms with Gasteiger partial charge in [0.15, 0.2) is 6.79 Å². The molecule has 21 heavy (non-hydrogen) atoms. The molecular weight excluding hydrogens is 266 g/mol. The summed E-state index contributed by atoms with van der Waals surface area (Å²) in [6.45, 7) is 1.47. The second kappa shape index (κ2) is 8.29. The average molecular weight is 287 g/mol. The van der Waals surface area contributed by atoms with Crippen molar-refractivity contribution in [1.29, 1.82) is 0 Å². The Labute approximate surface area is 125 Å². The van der Waals surface area contributed by atoms with E-state index in [1.54, 1.807) is 7.11 Å². The van der Waals surface area contributed by atoms with Crippen molar-refractivity contribution >= 4 is 0 Å². The molecule has 0 aliphatic heterocycles. The molecule has 1 N–H and O–H groups in total. The number of methoxy groups -OCH3 is 1. The third kappa shape index (κ3) is 4.77. The van der Waals surface area contributed by atoms with Crippen molar-refractivity contribution in [3.05, 3.63) is 59.7 Å². The number of benzene rings is 2. The van der Waals surface area contributed by atoms with Gasteiger partial charge in [-0.2, -0.15) is 0 Å². The van der Waals surface area contributed by atoms with E-state index in [0.29, 0.717) is 13.2 Å². The Kier molecular flexibility index (Phi) is 6.06. The highest BCUT2D eigenvalue weighted by molar-refractivity contribution is 5.40. The van der Waals surface area contributed by atoms with Crippen molar-refractivity contribution in [3.63, 3.8) is 0 Å². The number of hydrogen-bond acceptors (Lipinski definition) is 4. The van der Waals surface area contributed by atoms with Crippen molar-refractivity contribution < 1.29 is 14.2 Å². The standard InChI is InChI=1S/C17H21NO3/c1-18-11-15-10-16(19-2)8-9-17(15)21-13-20-12-14-6-4-3-5-7-14/h3-10,18H,11-13H2,1-2H3. The smallest absolute Gasteiger partial charge is 0.189 e. The molecule has 0 aromatic heterocycles. The maximum atomic E-state index is 5.69. The van der Waals surface area contributed by atoms with E-state index in [0.717, 1.165) is 22.6 Å². The molecule has 0 saturated carbocycles. The van der Waals surface area contributed by atoms with Gasteiger partial charge in [0.25, 0.3) is 0 Å². The molecule has 0 bridgehead atoms. The Morgan fingerprint density at radius 2 is 1.86 bits per heavy atom. The first-order valence-electron chi connectivity index (χ1n) is 6.89. The summed E-state index contributed by atoms with van der Waals surface area (Å²) in [4.78, 5) is 0. The third-order valence-corrected chi connectivity index (χ3v) is 3.04. The van der Waals surface area contributed by atoms with Gasteiger partial charge >= 0.3 is 0 Å². The fourth-order valence-corrected chi connectivity index (χ4v) is 1.99. The normalized spacial score (nSPS) is 10.4. The average Bonchev–Trinajstić information content (AvgIpc) is 2.54. The van der Waals surface area contributed by atoms with Crippen LogP contribution in [-0.2, 0) is 17.9 Å². The highest BCUT2D eigenvalue weighted by Crippen LogP contribution is 2.24. The zero-order valence-corrected chi connectivity index (χ0v) is 12.5. The minimum absolute atomic E-state index is 0.220. The SMILES string of the molecule is CNCc1cc(OC)ccc1OCOCc1ccccc1. The fraction of sp³-hybridized carbons (Fsp3) is 0.294. The summed E-state index contributed by atoms with van der Waals surface area (Å²) >= 11 is 0. The molecule has 0 radical (unpaired) electrons. The van der Waals surface area contributed by atoms with Gasteiger partial charge in [0, 0.05) is 12.1 Å². The van der Waals surface area contributed by atoms with Gasteiger partial charge in [-0.05, 0) is 30.8 Å². The molecule has 0 saturated heterocycles. The third-order valence-electron chi connectivity index (χ3n) is 3.04. The lowest BCUT2D eigenvalue weighted by Crippen LogP contribution is -2.09. The van der Waals surface area contributed by atoms with Crippen LogP contribution in [0.4, 0.5) is 0 Å². The van der Waals surface area contributed by atoms with E-state index in [-0.39, 0.29) is 6.79 Å². The van der Waals surface area contributed by atoms with Gasteiger partial charge in [0.1, 0.15) is 11.5 Å². The molecule has 0 unspecified atom stereocenters. The molecule has 2 aromatic carbocycles. The summed E-state index contributed by atoms with van der Waals surface area (Å²) in [6.07, 6.45) is 0. The maximum absolute atomic E-state index is 5.69. The van der Waals surface area contributed by atoms with Gasteiger partial charge in [0.05, 0.1) is 13.7 Å². The molecule has 0 aliphatic carbocycles. The number of hydrogen-bond donors (Lipinski definition) is 1. The summed E-state index contributed by atoms with van der Waals surface area (Å²) in [6, 6.07) is 15.8. The summed E-state index contributed by atoms with van der Waals surface area (Å²) in [5, 5.41) is 3.12. The van der Waals surface area contributed by atoms with Crippen LogP contribution in [-0.4, -0.2) is 21.0 Å². The van der Waals surface area contributed by atoms with Gasteiger partial charge in [-0.1, -0.05) is 30.3 Å². The Morgan fingerprint density at radius 3 is 2.57 bits per heavy atom. The van der Waals surface area contributed by atoms with Crippen LogP contribution in [0.5, 0.6) is 11.5 Å². The molecule has 0 amide bonds. The van der Waals surface area contributed by atoms with E-state index in [1.807, 2.05) is 55.6 Å². The molecule has 112 valence electrons. The van der Waals surface area contributed by atoms with Crippen LogP contribution in [0.1, 0.15) is 11.1 Å². The Morgan fingerprint density at radius 1 is 1.05 bits per heavy atom. The van der Waals surface area contributed by atoms with E-state index >= 15 is 0 Å². The number of nitrogens with one attached hydrogen (secondary N) is 1. The van der Waals surface area contributed by atoms with E-state index in [9.17, 15) is 0 Å². The van der Waals surface area contributed by atoms with Gasteiger partial charge in [-0.3, -0.25) is 0 Å². The molecule has 4 heteroatoms. The zero-order chi connectivity index (χ0) is 14.9. The van der Waals surface area contributed by atoms with Crippen molar-refractivity contribution in [1.82, 2.24) is 5.32 Å². The molecular formula is C17H21NO3. The van der Waals surface area contributed by atoms with Crippen molar-refractivity contribution in [2.75, 3.05) is 21.0 Å². The Bertz CT molecular complexity index is 543. The molecule has 0 fully saturated rings. The summed E-state index contributed by atoms with van der Waals surface area (Å²) in [5.74, 6) is 1.62. The van der Waals surface area contributed by atoms with Gasteiger partial charge in [-0.25, -0.2) is 0 Å². The maximum Gasteiger partial charge on any atom is 0.189 e. The molecule has 2 rings (SSSR count). The van der Waals surface area contributed by atoms with Crippen LogP contribution in [0.3, 0.4) is 0 Å². The quantitative estimate of drug-likeness (QED) is 0.598. The van der Waals surface area contributed by atoms with Crippen LogP contribution in [0.25, 0.3) is 0 Å². The monoisotopic (exact) mass is 287 g/mol. The molecule has 0 heterocycles. The number of rotatable bonds is 8. The van der Waals surface area contributed by atoms with Crippen LogP contribution < -0.4 is 14.8 Å². The van der Waals surface area contributed by atoms with Crippen molar-refractivity contribution in [3.8, 4) is 11.5 Å². The first-order valence-corrected chi connectivity index (χ1v) is 6.89. The minimum Gasteiger partial charge on any atom is -0.497 e. The molecule has 0 spiro atoms. The first-order chi connectivity index (χ1) is 10.3. The highest BCUT2D eigenvalue weighted by Gasteiger charge is 2.05. The predicted octanol–water partition coefficient (Wildman–Crippen LogP) is 2.97. The van der Waals surface area contributed by atoms with Crippen LogP contribution in [0.2, 0.25) is 0 Å². The lowest BCUT2D eigenvalue weighted by molar-refractivity contribution is 0.00447. The van der Waals surface area contributed by atoms with Crippen LogP contribution >= 0.6 is 0 Å². The van der Waals surface area contributed by atoms with Crippen LogP contribution in [0, 0.1) is 0 Å². The second-order valence-corrected chi connectivity index (χ2v) is 4.60. The van der Waals surface area contributed by atoms with Gasteiger partial charge < -0.3 is 19.5 Å². The summed E-state index contributed by atoms with van der Waals surface area (Å²) in [5.41, 5.74) is 2.17. The second-order valence-electron chi connectivity index (χ2n) is 4.60. The summed E-state index contributed by atoms with van der Waals surface area (Å²) < 4.78 is 16.5. The molecule has 0 atom stereocenters. The van der Waals surface area contributed by atoms with E-state index < -0.39 is 0 Å². The summed E-state index contributed by atoms with van der Waals surface area (Å²) in [7, 11) is 3.55. The first kappa shape index (κ1) is 15.4. The zero-order valence-electron chi connectivity index (χ0n) is 12.5. The lowest BCUT2D eigenvalue weighted by atomic mass is 10.2. The number of ether oxygens (including phenoxy) is 3.